The summed E-state index contributed by atoms with van der Waals surface area (Å²) in [5.41, 5.74) is -0.430. The molecule has 0 aromatic heterocycles. The number of aliphatic hydroxyl groups is 1. The lowest BCUT2D eigenvalue weighted by atomic mass is 9.84. The Balaban J connectivity index is 1.91. The van der Waals surface area contributed by atoms with Crippen molar-refractivity contribution in [3.8, 4) is 0 Å². The van der Waals surface area contributed by atoms with Crippen molar-refractivity contribution in [1.29, 1.82) is 0 Å². The molecule has 0 heterocycles. The highest BCUT2D eigenvalue weighted by Crippen LogP contribution is 2.27. The van der Waals surface area contributed by atoms with Crippen molar-refractivity contribution < 1.29 is 19.1 Å². The molecule has 0 radical (unpaired) electrons. The molecule has 2 atom stereocenters. The Morgan fingerprint density at radius 3 is 2.32 bits per heavy atom. The summed E-state index contributed by atoms with van der Waals surface area (Å²) >= 11 is 0. The zero-order valence-corrected chi connectivity index (χ0v) is 14.1. The van der Waals surface area contributed by atoms with E-state index in [1.807, 2.05) is 30.3 Å². The molecule has 0 saturated heterocycles. The second kappa shape index (κ2) is 7.90. The number of amides is 2. The van der Waals surface area contributed by atoms with Gasteiger partial charge in [-0.15, -0.1) is 0 Å². The maximum Gasteiger partial charge on any atom is 0.252 e. The summed E-state index contributed by atoms with van der Waals surface area (Å²) in [6.07, 6.45) is 0. The lowest BCUT2D eigenvalue weighted by Gasteiger charge is -2.29. The van der Waals surface area contributed by atoms with Crippen LogP contribution in [0.5, 0.6) is 0 Å². The summed E-state index contributed by atoms with van der Waals surface area (Å²) < 4.78 is 12.8. The zero-order valence-electron chi connectivity index (χ0n) is 14.1. The predicted molar refractivity (Wildman–Crippen MR) is 93.5 cm³/mol. The van der Waals surface area contributed by atoms with Gasteiger partial charge in [0.2, 0.25) is 5.91 Å². The van der Waals surface area contributed by atoms with Gasteiger partial charge >= 0.3 is 0 Å². The Morgan fingerprint density at radius 1 is 1.12 bits per heavy atom. The van der Waals surface area contributed by atoms with Crippen LogP contribution in [0.15, 0.2) is 54.6 Å². The Bertz CT molecular complexity index is 730. The third kappa shape index (κ3) is 4.87. The molecule has 132 valence electrons. The van der Waals surface area contributed by atoms with E-state index in [4.69, 9.17) is 0 Å². The summed E-state index contributed by atoms with van der Waals surface area (Å²) in [6.45, 7) is 2.86. The van der Waals surface area contributed by atoms with Gasteiger partial charge in [-0.1, -0.05) is 37.3 Å². The summed E-state index contributed by atoms with van der Waals surface area (Å²) in [5, 5.41) is 15.5. The van der Waals surface area contributed by atoms with Crippen molar-refractivity contribution in [2.75, 3.05) is 11.9 Å². The Hall–Kier alpha value is -2.73. The molecule has 0 spiro atoms. The smallest absolute Gasteiger partial charge is 0.252 e. The van der Waals surface area contributed by atoms with Gasteiger partial charge in [-0.05, 0) is 36.8 Å². The fourth-order valence-corrected chi connectivity index (χ4v) is 2.34. The highest BCUT2D eigenvalue weighted by atomic mass is 19.1. The summed E-state index contributed by atoms with van der Waals surface area (Å²) in [6, 6.07) is 14.4. The van der Waals surface area contributed by atoms with Crippen molar-refractivity contribution in [2.24, 2.45) is 0 Å². The fraction of sp³-hybridized carbons (Fsp3) is 0.263. The highest BCUT2D eigenvalue weighted by molar-refractivity contribution is 5.96. The molecule has 2 amide bonds. The van der Waals surface area contributed by atoms with Crippen LogP contribution in [-0.4, -0.2) is 29.1 Å². The van der Waals surface area contributed by atoms with Crippen LogP contribution in [0.2, 0.25) is 0 Å². The van der Waals surface area contributed by atoms with E-state index in [9.17, 15) is 19.1 Å². The molecule has 2 unspecified atom stereocenters. The number of halogens is 1. The first-order valence-corrected chi connectivity index (χ1v) is 7.91. The van der Waals surface area contributed by atoms with E-state index in [2.05, 4.69) is 10.6 Å². The molecule has 25 heavy (non-hydrogen) atoms. The summed E-state index contributed by atoms with van der Waals surface area (Å²) in [4.78, 5) is 24.2. The SMILES string of the molecule is CC(c1ccccc1)C(C)(O)C(=O)NCC(=O)Nc1ccc(F)cc1. The number of rotatable bonds is 6. The normalized spacial score (nSPS) is 14.2. The zero-order chi connectivity index (χ0) is 18.4. The van der Waals surface area contributed by atoms with Crippen LogP contribution >= 0.6 is 0 Å². The molecular weight excluding hydrogens is 323 g/mol. The van der Waals surface area contributed by atoms with E-state index in [0.29, 0.717) is 5.69 Å². The van der Waals surface area contributed by atoms with Crippen LogP contribution in [0.3, 0.4) is 0 Å². The van der Waals surface area contributed by atoms with Crippen molar-refractivity contribution >= 4 is 17.5 Å². The van der Waals surface area contributed by atoms with Crippen LogP contribution in [0.25, 0.3) is 0 Å². The summed E-state index contributed by atoms with van der Waals surface area (Å²) in [5.74, 6) is -1.97. The quantitative estimate of drug-likeness (QED) is 0.753. The molecule has 2 aromatic rings. The number of anilines is 1. The van der Waals surface area contributed by atoms with E-state index in [1.54, 1.807) is 6.92 Å². The molecule has 5 nitrogen and oxygen atoms in total. The number of nitrogens with one attached hydrogen (secondary N) is 2. The topological polar surface area (TPSA) is 78.4 Å². The van der Waals surface area contributed by atoms with Crippen LogP contribution < -0.4 is 10.6 Å². The molecule has 2 aromatic carbocycles. The minimum Gasteiger partial charge on any atom is -0.380 e. The molecular formula is C19H21FN2O3. The number of carbonyl (C=O) groups excluding carboxylic acids is 2. The van der Waals surface area contributed by atoms with E-state index in [-0.39, 0.29) is 6.54 Å². The van der Waals surface area contributed by atoms with Gasteiger partial charge in [0, 0.05) is 11.6 Å². The Kier molecular flexibility index (Phi) is 5.88. The number of carbonyl (C=O) groups is 2. The highest BCUT2D eigenvalue weighted by Gasteiger charge is 2.37. The monoisotopic (exact) mass is 344 g/mol. The van der Waals surface area contributed by atoms with Crippen molar-refractivity contribution in [2.45, 2.75) is 25.4 Å². The van der Waals surface area contributed by atoms with Gasteiger partial charge in [-0.3, -0.25) is 9.59 Å². The maximum absolute atomic E-state index is 12.8. The molecule has 0 fully saturated rings. The van der Waals surface area contributed by atoms with E-state index >= 15 is 0 Å². The standard InChI is InChI=1S/C19H21FN2O3/c1-13(14-6-4-3-5-7-14)19(2,25)18(24)21-12-17(23)22-16-10-8-15(20)9-11-16/h3-11,13,25H,12H2,1-2H3,(H,21,24)(H,22,23). The first-order chi connectivity index (χ1) is 11.8. The van der Waals surface area contributed by atoms with Crippen molar-refractivity contribution in [1.82, 2.24) is 5.32 Å². The fourth-order valence-electron chi connectivity index (χ4n) is 2.34. The van der Waals surface area contributed by atoms with Crippen LogP contribution in [0.1, 0.15) is 25.3 Å². The van der Waals surface area contributed by atoms with Crippen LogP contribution in [-0.2, 0) is 9.59 Å². The molecule has 0 saturated carbocycles. The number of hydrogen-bond donors (Lipinski definition) is 3. The second-order valence-corrected chi connectivity index (χ2v) is 6.02. The average Bonchev–Trinajstić information content (AvgIpc) is 2.61. The maximum atomic E-state index is 12.8. The number of benzene rings is 2. The van der Waals surface area contributed by atoms with Gasteiger partial charge in [0.25, 0.3) is 5.91 Å². The van der Waals surface area contributed by atoms with Crippen molar-refractivity contribution in [3.63, 3.8) is 0 Å². The van der Waals surface area contributed by atoms with Gasteiger partial charge in [-0.25, -0.2) is 4.39 Å². The first kappa shape index (κ1) is 18.6. The molecule has 0 aliphatic carbocycles. The third-order valence-electron chi connectivity index (χ3n) is 4.14. The minimum atomic E-state index is -1.67. The molecule has 0 bridgehead atoms. The van der Waals surface area contributed by atoms with E-state index in [0.717, 1.165) is 5.56 Å². The lowest BCUT2D eigenvalue weighted by Crippen LogP contribution is -2.49. The average molecular weight is 344 g/mol. The third-order valence-corrected chi connectivity index (χ3v) is 4.14. The molecule has 0 aliphatic rings. The van der Waals surface area contributed by atoms with Gasteiger partial charge < -0.3 is 15.7 Å². The predicted octanol–water partition coefficient (Wildman–Crippen LogP) is 2.44. The number of hydrogen-bond acceptors (Lipinski definition) is 3. The van der Waals surface area contributed by atoms with Crippen LogP contribution in [0.4, 0.5) is 10.1 Å². The minimum absolute atomic E-state index is 0.298. The van der Waals surface area contributed by atoms with E-state index < -0.39 is 29.2 Å². The van der Waals surface area contributed by atoms with Gasteiger partial charge in [0.05, 0.1) is 6.54 Å². The summed E-state index contributed by atoms with van der Waals surface area (Å²) in [7, 11) is 0. The van der Waals surface area contributed by atoms with E-state index in [1.165, 1.54) is 31.2 Å². The van der Waals surface area contributed by atoms with Crippen LogP contribution in [0, 0.1) is 5.82 Å². The first-order valence-electron chi connectivity index (χ1n) is 7.91. The van der Waals surface area contributed by atoms with Crippen molar-refractivity contribution in [3.05, 3.63) is 66.0 Å². The molecule has 3 N–H and O–H groups in total. The van der Waals surface area contributed by atoms with Gasteiger partial charge in [0.1, 0.15) is 11.4 Å². The largest absolute Gasteiger partial charge is 0.380 e. The van der Waals surface area contributed by atoms with Gasteiger partial charge in [-0.2, -0.15) is 0 Å². The molecule has 2 rings (SSSR count). The lowest BCUT2D eigenvalue weighted by molar-refractivity contribution is -0.140. The van der Waals surface area contributed by atoms with Gasteiger partial charge in [0.15, 0.2) is 0 Å². The second-order valence-electron chi connectivity index (χ2n) is 6.02. The molecule has 6 heteroatoms. The Morgan fingerprint density at radius 2 is 1.72 bits per heavy atom. The molecule has 0 aliphatic heterocycles. The Labute approximate surface area is 145 Å².